The number of rotatable bonds is 5. The molecule has 0 atom stereocenters. The van der Waals surface area contributed by atoms with Gasteiger partial charge >= 0.3 is 5.97 Å². The van der Waals surface area contributed by atoms with Gasteiger partial charge in [0.25, 0.3) is 5.91 Å². The molecule has 1 heterocycles. The molecule has 28 heavy (non-hydrogen) atoms. The van der Waals surface area contributed by atoms with Crippen molar-refractivity contribution in [1.82, 2.24) is 0 Å². The number of thioether (sulfide) groups is 1. The second-order valence-electron chi connectivity index (χ2n) is 6.18. The maximum absolute atomic E-state index is 13.0. The third-order valence-electron chi connectivity index (χ3n) is 4.12. The number of nitrogens with zero attached hydrogens (tertiary/aromatic N) is 2. The number of amidine groups is 1. The van der Waals surface area contributed by atoms with E-state index in [2.05, 4.69) is 4.99 Å². The SMILES string of the molecule is CCOC(=O)c1ccc(/C=C2\N=C(SCC)N(c3ccc(C)cc3)C2=O)cc1. The van der Waals surface area contributed by atoms with Crippen LogP contribution >= 0.6 is 11.8 Å². The van der Waals surface area contributed by atoms with Crippen molar-refractivity contribution in [2.24, 2.45) is 4.99 Å². The van der Waals surface area contributed by atoms with E-state index in [0.29, 0.717) is 23.0 Å². The van der Waals surface area contributed by atoms with Crippen molar-refractivity contribution in [2.75, 3.05) is 17.3 Å². The van der Waals surface area contributed by atoms with Crippen LogP contribution < -0.4 is 4.90 Å². The van der Waals surface area contributed by atoms with E-state index in [9.17, 15) is 9.59 Å². The van der Waals surface area contributed by atoms with Crippen molar-refractivity contribution in [3.05, 3.63) is 70.9 Å². The van der Waals surface area contributed by atoms with E-state index in [1.807, 2.05) is 38.1 Å². The Balaban J connectivity index is 1.88. The highest BCUT2D eigenvalue weighted by Gasteiger charge is 2.31. The van der Waals surface area contributed by atoms with Crippen molar-refractivity contribution in [3.8, 4) is 0 Å². The van der Waals surface area contributed by atoms with Crippen LogP contribution in [-0.4, -0.2) is 29.4 Å². The van der Waals surface area contributed by atoms with Gasteiger partial charge in [0.1, 0.15) is 5.70 Å². The molecule has 6 heteroatoms. The first-order valence-electron chi connectivity index (χ1n) is 9.15. The van der Waals surface area contributed by atoms with Gasteiger partial charge in [-0.1, -0.05) is 48.5 Å². The third kappa shape index (κ3) is 4.34. The summed E-state index contributed by atoms with van der Waals surface area (Å²) < 4.78 is 4.99. The van der Waals surface area contributed by atoms with E-state index in [0.717, 1.165) is 22.6 Å². The molecule has 144 valence electrons. The lowest BCUT2D eigenvalue weighted by Crippen LogP contribution is -2.30. The van der Waals surface area contributed by atoms with Gasteiger partial charge in [0, 0.05) is 0 Å². The number of carbonyl (C=O) groups excluding carboxylic acids is 2. The van der Waals surface area contributed by atoms with Gasteiger partial charge in [-0.3, -0.25) is 9.69 Å². The molecule has 0 saturated carbocycles. The van der Waals surface area contributed by atoms with Crippen LogP contribution in [0.5, 0.6) is 0 Å². The number of aliphatic imine (C=N–C) groups is 1. The van der Waals surface area contributed by atoms with Crippen LogP contribution in [0, 0.1) is 6.92 Å². The van der Waals surface area contributed by atoms with Crippen LogP contribution in [0.3, 0.4) is 0 Å². The van der Waals surface area contributed by atoms with Crippen molar-refractivity contribution in [1.29, 1.82) is 0 Å². The van der Waals surface area contributed by atoms with Crippen molar-refractivity contribution in [3.63, 3.8) is 0 Å². The number of hydrogen-bond acceptors (Lipinski definition) is 5. The zero-order valence-electron chi connectivity index (χ0n) is 16.1. The first-order valence-corrected chi connectivity index (χ1v) is 10.1. The first-order chi connectivity index (χ1) is 13.5. The van der Waals surface area contributed by atoms with Gasteiger partial charge in [-0.2, -0.15) is 0 Å². The molecule has 0 radical (unpaired) electrons. The van der Waals surface area contributed by atoms with Crippen molar-refractivity contribution >= 4 is 40.6 Å². The smallest absolute Gasteiger partial charge is 0.338 e. The highest BCUT2D eigenvalue weighted by Crippen LogP contribution is 2.29. The van der Waals surface area contributed by atoms with E-state index in [1.54, 1.807) is 42.2 Å². The number of esters is 1. The second kappa shape index (κ2) is 8.89. The Labute approximate surface area is 169 Å². The molecule has 2 aromatic rings. The number of aryl methyl sites for hydroxylation is 1. The lowest BCUT2D eigenvalue weighted by Gasteiger charge is -2.17. The summed E-state index contributed by atoms with van der Waals surface area (Å²) in [4.78, 5) is 31.0. The monoisotopic (exact) mass is 394 g/mol. The van der Waals surface area contributed by atoms with Gasteiger partial charge in [-0.05, 0) is 55.5 Å². The van der Waals surface area contributed by atoms with Gasteiger partial charge in [0.05, 0.1) is 17.9 Å². The average molecular weight is 394 g/mol. The summed E-state index contributed by atoms with van der Waals surface area (Å²) in [5.74, 6) is 0.300. The summed E-state index contributed by atoms with van der Waals surface area (Å²) in [6.07, 6.45) is 1.74. The number of carbonyl (C=O) groups is 2. The quantitative estimate of drug-likeness (QED) is 0.546. The molecule has 1 amide bonds. The molecule has 0 fully saturated rings. The molecule has 1 aliphatic rings. The largest absolute Gasteiger partial charge is 0.462 e. The van der Waals surface area contributed by atoms with Crippen LogP contribution in [0.15, 0.2) is 59.2 Å². The Morgan fingerprint density at radius 3 is 2.39 bits per heavy atom. The summed E-state index contributed by atoms with van der Waals surface area (Å²) >= 11 is 1.53. The fourth-order valence-corrected chi connectivity index (χ4v) is 3.47. The molecule has 0 saturated heterocycles. The lowest BCUT2D eigenvalue weighted by atomic mass is 10.1. The van der Waals surface area contributed by atoms with E-state index in [-0.39, 0.29) is 11.9 Å². The van der Waals surface area contributed by atoms with Gasteiger partial charge in [0.2, 0.25) is 0 Å². The average Bonchev–Trinajstić information content (AvgIpc) is 2.99. The number of amides is 1. The molecule has 0 aliphatic carbocycles. The molecule has 0 spiro atoms. The highest BCUT2D eigenvalue weighted by atomic mass is 32.2. The molecule has 3 rings (SSSR count). The van der Waals surface area contributed by atoms with Crippen molar-refractivity contribution < 1.29 is 14.3 Å². The molecular weight excluding hydrogens is 372 g/mol. The second-order valence-corrected chi connectivity index (χ2v) is 7.41. The molecule has 0 unspecified atom stereocenters. The normalized spacial score (nSPS) is 15.1. The fourth-order valence-electron chi connectivity index (χ4n) is 2.73. The molecular formula is C22H22N2O3S. The number of anilines is 1. The maximum Gasteiger partial charge on any atom is 0.338 e. The Morgan fingerprint density at radius 1 is 1.11 bits per heavy atom. The summed E-state index contributed by atoms with van der Waals surface area (Å²) in [5.41, 5.74) is 3.59. The van der Waals surface area contributed by atoms with E-state index < -0.39 is 0 Å². The number of hydrogen-bond donors (Lipinski definition) is 0. The van der Waals surface area contributed by atoms with Gasteiger partial charge < -0.3 is 4.74 Å². The number of benzene rings is 2. The van der Waals surface area contributed by atoms with Crippen LogP contribution in [0.4, 0.5) is 5.69 Å². The highest BCUT2D eigenvalue weighted by molar-refractivity contribution is 8.14. The first kappa shape index (κ1) is 19.9. The predicted molar refractivity (Wildman–Crippen MR) is 115 cm³/mol. The van der Waals surface area contributed by atoms with Gasteiger partial charge in [-0.25, -0.2) is 9.79 Å². The minimum Gasteiger partial charge on any atom is -0.462 e. The Kier molecular flexibility index (Phi) is 6.31. The summed E-state index contributed by atoms with van der Waals surface area (Å²) in [7, 11) is 0. The predicted octanol–water partition coefficient (Wildman–Crippen LogP) is 4.67. The Morgan fingerprint density at radius 2 is 1.79 bits per heavy atom. The minimum atomic E-state index is -0.358. The van der Waals surface area contributed by atoms with Crippen LogP contribution in [-0.2, 0) is 9.53 Å². The summed E-state index contributed by atoms with van der Waals surface area (Å²) in [5, 5.41) is 0.672. The van der Waals surface area contributed by atoms with E-state index in [4.69, 9.17) is 4.74 Å². The van der Waals surface area contributed by atoms with Crippen LogP contribution in [0.2, 0.25) is 0 Å². The van der Waals surface area contributed by atoms with E-state index >= 15 is 0 Å². The third-order valence-corrected chi connectivity index (χ3v) is 4.94. The Hall–Kier alpha value is -2.86. The summed E-state index contributed by atoms with van der Waals surface area (Å²) in [6, 6.07) is 14.7. The van der Waals surface area contributed by atoms with Crippen LogP contribution in [0.1, 0.15) is 35.3 Å². The van der Waals surface area contributed by atoms with Gasteiger partial charge in [-0.15, -0.1) is 0 Å². The zero-order valence-corrected chi connectivity index (χ0v) is 17.0. The number of ether oxygens (including phenoxy) is 1. The molecule has 0 aromatic heterocycles. The topological polar surface area (TPSA) is 59.0 Å². The molecule has 5 nitrogen and oxygen atoms in total. The molecule has 0 bridgehead atoms. The standard InChI is InChI=1S/C22H22N2O3S/c1-4-27-21(26)17-10-8-16(9-11-17)14-19-20(25)24(22(23-19)28-5-2)18-12-6-15(3)7-13-18/h6-14H,4-5H2,1-3H3/b19-14-. The van der Waals surface area contributed by atoms with Gasteiger partial charge in [0.15, 0.2) is 5.17 Å². The Bertz CT molecular complexity index is 931. The molecule has 2 aromatic carbocycles. The zero-order chi connectivity index (χ0) is 20.1. The fraction of sp³-hybridized carbons (Fsp3) is 0.227. The van der Waals surface area contributed by atoms with Crippen LogP contribution in [0.25, 0.3) is 6.08 Å². The minimum absolute atomic E-state index is 0.158. The van der Waals surface area contributed by atoms with Crippen molar-refractivity contribution in [2.45, 2.75) is 20.8 Å². The molecule has 1 aliphatic heterocycles. The van der Waals surface area contributed by atoms with E-state index in [1.165, 1.54) is 11.8 Å². The maximum atomic E-state index is 13.0. The lowest BCUT2D eigenvalue weighted by molar-refractivity contribution is -0.113. The summed E-state index contributed by atoms with van der Waals surface area (Å²) in [6.45, 7) is 6.14. The molecule has 0 N–H and O–H groups in total.